The van der Waals surface area contributed by atoms with Crippen molar-refractivity contribution in [2.24, 2.45) is 5.92 Å². The maximum absolute atomic E-state index is 6.24. The number of hydrogen-bond donors (Lipinski definition) is 0. The van der Waals surface area contributed by atoms with Gasteiger partial charge in [0.1, 0.15) is 16.8 Å². The third-order valence-electron chi connectivity index (χ3n) is 4.69. The number of aryl methyl sites for hydroxylation is 1. The van der Waals surface area contributed by atoms with Gasteiger partial charge >= 0.3 is 0 Å². The zero-order valence-electron chi connectivity index (χ0n) is 11.8. The molecule has 1 saturated carbocycles. The molecule has 2 fully saturated rings. The van der Waals surface area contributed by atoms with Crippen molar-refractivity contribution in [3.8, 4) is 0 Å². The van der Waals surface area contributed by atoms with E-state index in [2.05, 4.69) is 14.9 Å². The van der Waals surface area contributed by atoms with E-state index in [-0.39, 0.29) is 0 Å². The minimum Gasteiger partial charge on any atom is -0.353 e. The van der Waals surface area contributed by atoms with Gasteiger partial charge in [0.2, 0.25) is 0 Å². The summed E-state index contributed by atoms with van der Waals surface area (Å²) in [5, 5.41) is 0.612. The molecule has 0 spiro atoms. The number of nitrogens with zero attached hydrogens (tertiary/aromatic N) is 3. The van der Waals surface area contributed by atoms with Crippen LogP contribution in [-0.4, -0.2) is 22.6 Å². The van der Waals surface area contributed by atoms with E-state index >= 15 is 0 Å². The molecule has 3 nitrogen and oxygen atoms in total. The molecule has 19 heavy (non-hydrogen) atoms. The van der Waals surface area contributed by atoms with Crippen molar-refractivity contribution in [1.82, 2.24) is 9.97 Å². The molecule has 1 aromatic rings. The van der Waals surface area contributed by atoms with Crippen molar-refractivity contribution in [2.75, 3.05) is 11.4 Å². The summed E-state index contributed by atoms with van der Waals surface area (Å²) in [6.07, 6.45) is 8.12. The lowest BCUT2D eigenvalue weighted by molar-refractivity contribution is 0.242. The van der Waals surface area contributed by atoms with Crippen LogP contribution in [0, 0.1) is 19.8 Å². The number of anilines is 1. The predicted molar refractivity (Wildman–Crippen MR) is 78.8 cm³/mol. The molecule has 2 atom stereocenters. The molecule has 1 aromatic heterocycles. The van der Waals surface area contributed by atoms with E-state index in [1.165, 1.54) is 38.5 Å². The van der Waals surface area contributed by atoms with E-state index in [4.69, 9.17) is 11.6 Å². The summed E-state index contributed by atoms with van der Waals surface area (Å²) in [6.45, 7) is 5.09. The standard InChI is InChI=1S/C15H22ClN3/c1-10-14(16)17-11(2)18-15(10)19-9-5-7-12-6-3-4-8-13(12)19/h12-13H,3-9H2,1-2H3/t12-,13-/m1/s1. The van der Waals surface area contributed by atoms with Crippen LogP contribution in [0.3, 0.4) is 0 Å². The zero-order chi connectivity index (χ0) is 13.4. The Hall–Kier alpha value is -0.830. The monoisotopic (exact) mass is 279 g/mol. The Labute approximate surface area is 120 Å². The number of halogens is 1. The normalized spacial score (nSPS) is 27.2. The van der Waals surface area contributed by atoms with Gasteiger partial charge < -0.3 is 4.90 Å². The molecule has 0 N–H and O–H groups in total. The summed E-state index contributed by atoms with van der Waals surface area (Å²) in [7, 11) is 0. The second-order valence-electron chi connectivity index (χ2n) is 5.96. The predicted octanol–water partition coefficient (Wildman–Crippen LogP) is 3.91. The van der Waals surface area contributed by atoms with Crippen LogP contribution < -0.4 is 4.90 Å². The lowest BCUT2D eigenvalue weighted by Gasteiger charge is -2.45. The van der Waals surface area contributed by atoms with Gasteiger partial charge in [-0.15, -0.1) is 0 Å². The molecule has 0 bridgehead atoms. The topological polar surface area (TPSA) is 29.0 Å². The van der Waals surface area contributed by atoms with Crippen LogP contribution in [0.4, 0.5) is 5.82 Å². The van der Waals surface area contributed by atoms with Crippen molar-refractivity contribution in [3.05, 3.63) is 16.5 Å². The lowest BCUT2D eigenvalue weighted by Crippen LogP contribution is -2.47. The third-order valence-corrected chi connectivity index (χ3v) is 5.06. The first-order chi connectivity index (χ1) is 9.16. The first-order valence-corrected chi connectivity index (χ1v) is 7.82. The Bertz CT molecular complexity index is 473. The average Bonchev–Trinajstić information content (AvgIpc) is 2.42. The van der Waals surface area contributed by atoms with Crippen molar-refractivity contribution < 1.29 is 0 Å². The van der Waals surface area contributed by atoms with Crippen molar-refractivity contribution >= 4 is 17.4 Å². The minimum atomic E-state index is 0.612. The van der Waals surface area contributed by atoms with E-state index in [1.54, 1.807) is 0 Å². The van der Waals surface area contributed by atoms with E-state index in [0.717, 1.165) is 29.7 Å². The number of fused-ring (bicyclic) bond motifs is 1. The molecular weight excluding hydrogens is 258 g/mol. The fourth-order valence-electron chi connectivity index (χ4n) is 3.75. The highest BCUT2D eigenvalue weighted by Gasteiger charge is 2.34. The Kier molecular flexibility index (Phi) is 3.66. The van der Waals surface area contributed by atoms with E-state index < -0.39 is 0 Å². The molecule has 2 heterocycles. The summed E-state index contributed by atoms with van der Waals surface area (Å²) < 4.78 is 0. The van der Waals surface area contributed by atoms with Gasteiger partial charge in [0, 0.05) is 18.2 Å². The molecule has 0 unspecified atom stereocenters. The molecule has 0 amide bonds. The van der Waals surface area contributed by atoms with Gasteiger partial charge in [-0.25, -0.2) is 9.97 Å². The maximum atomic E-state index is 6.24. The van der Waals surface area contributed by atoms with Gasteiger partial charge in [0.25, 0.3) is 0 Å². The molecule has 104 valence electrons. The van der Waals surface area contributed by atoms with Gasteiger partial charge in [-0.2, -0.15) is 0 Å². The van der Waals surface area contributed by atoms with Gasteiger partial charge in [-0.3, -0.25) is 0 Å². The summed E-state index contributed by atoms with van der Waals surface area (Å²) in [6, 6.07) is 0.673. The second-order valence-corrected chi connectivity index (χ2v) is 6.32. The van der Waals surface area contributed by atoms with Crippen LogP contribution in [0.15, 0.2) is 0 Å². The van der Waals surface area contributed by atoms with Crippen LogP contribution in [0.2, 0.25) is 5.15 Å². The molecule has 4 heteroatoms. The van der Waals surface area contributed by atoms with E-state index in [0.29, 0.717) is 11.2 Å². The quantitative estimate of drug-likeness (QED) is 0.730. The largest absolute Gasteiger partial charge is 0.353 e. The fourth-order valence-corrected chi connectivity index (χ4v) is 3.95. The number of rotatable bonds is 1. The Morgan fingerprint density at radius 3 is 2.63 bits per heavy atom. The number of hydrogen-bond acceptors (Lipinski definition) is 3. The highest BCUT2D eigenvalue weighted by molar-refractivity contribution is 6.30. The Morgan fingerprint density at radius 2 is 1.79 bits per heavy atom. The van der Waals surface area contributed by atoms with Crippen LogP contribution in [-0.2, 0) is 0 Å². The highest BCUT2D eigenvalue weighted by atomic mass is 35.5. The fraction of sp³-hybridized carbons (Fsp3) is 0.733. The highest BCUT2D eigenvalue weighted by Crippen LogP contribution is 2.38. The summed E-state index contributed by atoms with van der Waals surface area (Å²) in [5.41, 5.74) is 1.04. The van der Waals surface area contributed by atoms with Gasteiger partial charge in [-0.05, 0) is 45.4 Å². The third kappa shape index (κ3) is 2.45. The Balaban J connectivity index is 1.96. The smallest absolute Gasteiger partial charge is 0.137 e. The average molecular weight is 280 g/mol. The van der Waals surface area contributed by atoms with Crippen molar-refractivity contribution in [2.45, 2.75) is 58.4 Å². The summed E-state index contributed by atoms with van der Waals surface area (Å²) in [5.74, 6) is 2.72. The van der Waals surface area contributed by atoms with Gasteiger partial charge in [0.15, 0.2) is 0 Å². The van der Waals surface area contributed by atoms with Crippen LogP contribution in [0.5, 0.6) is 0 Å². The molecule has 2 aliphatic rings. The zero-order valence-corrected chi connectivity index (χ0v) is 12.6. The van der Waals surface area contributed by atoms with Crippen molar-refractivity contribution in [3.63, 3.8) is 0 Å². The van der Waals surface area contributed by atoms with Crippen molar-refractivity contribution in [1.29, 1.82) is 0 Å². The first-order valence-electron chi connectivity index (χ1n) is 7.44. The van der Waals surface area contributed by atoms with Crippen LogP contribution >= 0.6 is 11.6 Å². The van der Waals surface area contributed by atoms with E-state index in [9.17, 15) is 0 Å². The molecule has 1 aliphatic carbocycles. The van der Waals surface area contributed by atoms with Gasteiger partial charge in [-0.1, -0.05) is 24.4 Å². The first kappa shape index (κ1) is 13.2. The summed E-state index contributed by atoms with van der Waals surface area (Å²) in [4.78, 5) is 11.5. The molecule has 1 saturated heterocycles. The number of aromatic nitrogens is 2. The lowest BCUT2D eigenvalue weighted by atomic mass is 9.78. The van der Waals surface area contributed by atoms with E-state index in [1.807, 2.05) is 13.8 Å². The SMILES string of the molecule is Cc1nc(Cl)c(C)c(N2CCC[C@H]3CCCC[C@H]32)n1. The number of piperidine rings is 1. The van der Waals surface area contributed by atoms with Crippen LogP contribution in [0.1, 0.15) is 49.9 Å². The minimum absolute atomic E-state index is 0.612. The van der Waals surface area contributed by atoms with Gasteiger partial charge in [0.05, 0.1) is 0 Å². The molecule has 3 rings (SSSR count). The summed E-state index contributed by atoms with van der Waals surface area (Å²) >= 11 is 6.24. The molecule has 1 aliphatic heterocycles. The molecule has 0 radical (unpaired) electrons. The maximum Gasteiger partial charge on any atom is 0.137 e. The Morgan fingerprint density at radius 1 is 1.05 bits per heavy atom. The van der Waals surface area contributed by atoms with Crippen LogP contribution in [0.25, 0.3) is 0 Å². The second kappa shape index (κ2) is 5.28. The molecular formula is C15H22ClN3. The molecule has 0 aromatic carbocycles.